The first-order chi connectivity index (χ1) is 8.88. The molecule has 0 fully saturated rings. The summed E-state index contributed by atoms with van der Waals surface area (Å²) >= 11 is 1.52. The van der Waals surface area contributed by atoms with E-state index in [2.05, 4.69) is 35.7 Å². The average molecular weight is 274 g/mol. The van der Waals surface area contributed by atoms with Gasteiger partial charge in [0.2, 0.25) is 0 Å². The van der Waals surface area contributed by atoms with Gasteiger partial charge in [0.1, 0.15) is 21.7 Å². The third-order valence-corrected chi connectivity index (χ3v) is 3.69. The van der Waals surface area contributed by atoms with Crippen LogP contribution >= 0.6 is 11.8 Å². The monoisotopic (exact) mass is 274 g/mol. The minimum absolute atomic E-state index is 0.124. The molecule has 2 aromatic heterocycles. The van der Waals surface area contributed by atoms with Gasteiger partial charge in [-0.1, -0.05) is 26.8 Å². The van der Waals surface area contributed by atoms with Crippen molar-refractivity contribution in [2.45, 2.75) is 43.2 Å². The van der Waals surface area contributed by atoms with E-state index < -0.39 is 0 Å². The van der Waals surface area contributed by atoms with Crippen molar-refractivity contribution >= 4 is 17.6 Å². The lowest BCUT2D eigenvalue weighted by molar-refractivity contribution is 0.538. The number of hydrogen-bond donors (Lipinski definition) is 1. The van der Waals surface area contributed by atoms with Crippen LogP contribution in [0.1, 0.15) is 32.2 Å². The highest BCUT2D eigenvalue weighted by atomic mass is 32.2. The zero-order chi connectivity index (χ0) is 14.0. The zero-order valence-corrected chi connectivity index (χ0v) is 12.5. The first kappa shape index (κ1) is 13.8. The Kier molecular flexibility index (Phi) is 3.75. The van der Waals surface area contributed by atoms with Crippen LogP contribution in [0.3, 0.4) is 0 Å². The molecule has 2 aromatic rings. The van der Waals surface area contributed by atoms with Crippen LogP contribution in [0.15, 0.2) is 34.4 Å². The van der Waals surface area contributed by atoms with Crippen LogP contribution in [0.5, 0.6) is 0 Å². The molecule has 100 valence electrons. The summed E-state index contributed by atoms with van der Waals surface area (Å²) < 4.78 is 0. The fraction of sp³-hybridized carbons (Fsp3) is 0.357. The summed E-state index contributed by atoms with van der Waals surface area (Å²) in [7, 11) is 0. The molecule has 0 aliphatic heterocycles. The van der Waals surface area contributed by atoms with E-state index in [0.29, 0.717) is 5.82 Å². The Morgan fingerprint density at radius 1 is 1.16 bits per heavy atom. The molecule has 4 nitrogen and oxygen atoms in total. The summed E-state index contributed by atoms with van der Waals surface area (Å²) in [4.78, 5) is 13.3. The Bertz CT molecular complexity index is 576. The van der Waals surface area contributed by atoms with Crippen LogP contribution in [0.4, 0.5) is 5.82 Å². The maximum Gasteiger partial charge on any atom is 0.137 e. The summed E-state index contributed by atoms with van der Waals surface area (Å²) in [6, 6.07) is 5.81. The van der Waals surface area contributed by atoms with Crippen molar-refractivity contribution in [1.29, 1.82) is 0 Å². The Balaban J connectivity index is 2.42. The van der Waals surface area contributed by atoms with E-state index in [1.165, 1.54) is 11.8 Å². The van der Waals surface area contributed by atoms with Gasteiger partial charge < -0.3 is 5.73 Å². The Morgan fingerprint density at radius 3 is 2.47 bits per heavy atom. The van der Waals surface area contributed by atoms with Crippen molar-refractivity contribution in [3.63, 3.8) is 0 Å². The van der Waals surface area contributed by atoms with Gasteiger partial charge in [-0.3, -0.25) is 0 Å². The molecule has 2 rings (SSSR count). The standard InChI is InChI=1S/C14H18N4S/c1-9-11(15)17-13(14(2,3)4)18-12(9)19-10-7-5-6-8-16-10/h5-8H,1-4H3,(H2,15,17,18). The molecule has 0 saturated carbocycles. The number of nitrogens with zero attached hydrogens (tertiary/aromatic N) is 3. The molecular weight excluding hydrogens is 256 g/mol. The van der Waals surface area contributed by atoms with Gasteiger partial charge in [0.15, 0.2) is 0 Å². The second-order valence-corrected chi connectivity index (χ2v) is 6.39. The lowest BCUT2D eigenvalue weighted by atomic mass is 9.95. The third-order valence-electron chi connectivity index (χ3n) is 2.65. The molecule has 19 heavy (non-hydrogen) atoms. The van der Waals surface area contributed by atoms with Crippen molar-refractivity contribution in [2.75, 3.05) is 5.73 Å². The van der Waals surface area contributed by atoms with E-state index in [1.54, 1.807) is 6.20 Å². The van der Waals surface area contributed by atoms with E-state index in [4.69, 9.17) is 5.73 Å². The molecule has 0 bridgehead atoms. The van der Waals surface area contributed by atoms with E-state index >= 15 is 0 Å². The quantitative estimate of drug-likeness (QED) is 0.852. The van der Waals surface area contributed by atoms with Gasteiger partial charge in [0.05, 0.1) is 0 Å². The topological polar surface area (TPSA) is 64.7 Å². The smallest absolute Gasteiger partial charge is 0.137 e. The predicted octanol–water partition coefficient (Wildman–Crippen LogP) is 3.21. The number of anilines is 1. The van der Waals surface area contributed by atoms with Crippen molar-refractivity contribution in [1.82, 2.24) is 15.0 Å². The van der Waals surface area contributed by atoms with Crippen LogP contribution in [0.2, 0.25) is 0 Å². The Labute approximate surface area is 117 Å². The van der Waals surface area contributed by atoms with Gasteiger partial charge in [0, 0.05) is 17.2 Å². The van der Waals surface area contributed by atoms with Crippen LogP contribution in [0, 0.1) is 6.92 Å². The summed E-state index contributed by atoms with van der Waals surface area (Å²) in [5.74, 6) is 1.30. The summed E-state index contributed by atoms with van der Waals surface area (Å²) in [5, 5.41) is 1.78. The first-order valence-electron chi connectivity index (χ1n) is 6.11. The first-order valence-corrected chi connectivity index (χ1v) is 6.93. The Morgan fingerprint density at radius 2 is 1.89 bits per heavy atom. The SMILES string of the molecule is Cc1c(N)nc(C(C)(C)C)nc1Sc1ccccn1. The molecule has 0 amide bonds. The van der Waals surface area contributed by atoms with Gasteiger partial charge in [-0.25, -0.2) is 15.0 Å². The van der Waals surface area contributed by atoms with Crippen LogP contribution in [-0.2, 0) is 5.41 Å². The zero-order valence-electron chi connectivity index (χ0n) is 11.6. The molecule has 0 aliphatic rings. The van der Waals surface area contributed by atoms with Crippen molar-refractivity contribution in [3.8, 4) is 0 Å². The Hall–Kier alpha value is -1.62. The molecule has 0 atom stereocenters. The number of pyridine rings is 1. The molecule has 0 aromatic carbocycles. The molecule has 0 unspecified atom stereocenters. The van der Waals surface area contributed by atoms with Crippen molar-refractivity contribution in [2.24, 2.45) is 0 Å². The molecule has 2 N–H and O–H groups in total. The maximum absolute atomic E-state index is 5.99. The van der Waals surface area contributed by atoms with Gasteiger partial charge in [-0.2, -0.15) is 0 Å². The van der Waals surface area contributed by atoms with E-state index in [-0.39, 0.29) is 5.41 Å². The van der Waals surface area contributed by atoms with Crippen LogP contribution in [0.25, 0.3) is 0 Å². The predicted molar refractivity (Wildman–Crippen MR) is 78.2 cm³/mol. The summed E-state index contributed by atoms with van der Waals surface area (Å²) in [6.07, 6.45) is 1.77. The van der Waals surface area contributed by atoms with Crippen molar-refractivity contribution < 1.29 is 0 Å². The number of aromatic nitrogens is 3. The van der Waals surface area contributed by atoms with E-state index in [1.807, 2.05) is 25.1 Å². The van der Waals surface area contributed by atoms with Gasteiger partial charge in [0.25, 0.3) is 0 Å². The fourth-order valence-corrected chi connectivity index (χ4v) is 2.30. The van der Waals surface area contributed by atoms with Gasteiger partial charge in [-0.05, 0) is 30.8 Å². The number of nitrogens with two attached hydrogens (primary N) is 1. The normalized spacial score (nSPS) is 11.6. The third kappa shape index (κ3) is 3.23. The molecule has 0 aliphatic carbocycles. The van der Waals surface area contributed by atoms with E-state index in [9.17, 15) is 0 Å². The van der Waals surface area contributed by atoms with Crippen LogP contribution in [-0.4, -0.2) is 15.0 Å². The lowest BCUT2D eigenvalue weighted by Gasteiger charge is -2.18. The second-order valence-electron chi connectivity index (χ2n) is 5.38. The van der Waals surface area contributed by atoms with Crippen molar-refractivity contribution in [3.05, 3.63) is 35.8 Å². The molecular formula is C14H18N4S. The molecule has 2 heterocycles. The molecule has 0 spiro atoms. The highest BCUT2D eigenvalue weighted by Crippen LogP contribution is 2.31. The summed E-state index contributed by atoms with van der Waals surface area (Å²) in [6.45, 7) is 8.16. The number of nitrogen functional groups attached to an aromatic ring is 1. The van der Waals surface area contributed by atoms with Gasteiger partial charge in [-0.15, -0.1) is 0 Å². The lowest BCUT2D eigenvalue weighted by Crippen LogP contribution is -2.18. The van der Waals surface area contributed by atoms with Gasteiger partial charge >= 0.3 is 0 Å². The number of rotatable bonds is 2. The fourth-order valence-electron chi connectivity index (χ4n) is 1.45. The minimum Gasteiger partial charge on any atom is -0.383 e. The molecule has 5 heteroatoms. The molecule has 0 saturated heterocycles. The largest absolute Gasteiger partial charge is 0.383 e. The van der Waals surface area contributed by atoms with Crippen LogP contribution < -0.4 is 5.73 Å². The summed E-state index contributed by atoms with van der Waals surface area (Å²) in [5.41, 5.74) is 6.77. The minimum atomic E-state index is -0.124. The maximum atomic E-state index is 5.99. The highest BCUT2D eigenvalue weighted by Gasteiger charge is 2.20. The molecule has 0 radical (unpaired) electrons. The highest BCUT2D eigenvalue weighted by molar-refractivity contribution is 7.99. The number of hydrogen-bond acceptors (Lipinski definition) is 5. The average Bonchev–Trinajstić information content (AvgIpc) is 2.34. The second kappa shape index (κ2) is 5.17. The van der Waals surface area contributed by atoms with E-state index in [0.717, 1.165) is 21.4 Å².